The fourth-order valence-corrected chi connectivity index (χ4v) is 2.73. The molecule has 0 amide bonds. The van der Waals surface area contributed by atoms with Crippen LogP contribution in [0.5, 0.6) is 0 Å². The Morgan fingerprint density at radius 1 is 1.19 bits per heavy atom. The quantitative estimate of drug-likeness (QED) is 0.277. The molecular weight excluding hydrogens is 379 g/mol. The predicted octanol–water partition coefficient (Wildman–Crippen LogP) is 2.07. The Labute approximate surface area is 147 Å². The SMILES string of the molecule is CN=C(NCCCN(C)C1CCCCC1)NCCOC.I. The van der Waals surface area contributed by atoms with Crippen molar-refractivity contribution in [2.24, 2.45) is 4.99 Å². The van der Waals surface area contributed by atoms with Crippen LogP contribution < -0.4 is 10.6 Å². The molecule has 1 rings (SSSR count). The normalized spacial score (nSPS) is 16.7. The first kappa shape index (κ1) is 20.9. The molecule has 0 radical (unpaired) electrons. The second kappa shape index (κ2) is 13.6. The second-order valence-corrected chi connectivity index (χ2v) is 5.54. The number of hydrogen-bond acceptors (Lipinski definition) is 3. The van der Waals surface area contributed by atoms with E-state index in [1.165, 1.54) is 32.1 Å². The Morgan fingerprint density at radius 3 is 2.48 bits per heavy atom. The van der Waals surface area contributed by atoms with Crippen LogP contribution in [0.25, 0.3) is 0 Å². The Hall–Kier alpha value is -0.0800. The van der Waals surface area contributed by atoms with Crippen molar-refractivity contribution in [3.8, 4) is 0 Å². The molecule has 0 aromatic carbocycles. The Morgan fingerprint density at radius 2 is 1.86 bits per heavy atom. The largest absolute Gasteiger partial charge is 0.383 e. The van der Waals surface area contributed by atoms with Crippen molar-refractivity contribution >= 4 is 29.9 Å². The summed E-state index contributed by atoms with van der Waals surface area (Å²) in [6.07, 6.45) is 8.15. The van der Waals surface area contributed by atoms with E-state index >= 15 is 0 Å². The number of nitrogens with zero attached hydrogens (tertiary/aromatic N) is 2. The summed E-state index contributed by atoms with van der Waals surface area (Å²) in [5.41, 5.74) is 0. The van der Waals surface area contributed by atoms with Gasteiger partial charge in [-0.3, -0.25) is 4.99 Å². The molecule has 6 heteroatoms. The van der Waals surface area contributed by atoms with Crippen molar-refractivity contribution in [1.82, 2.24) is 15.5 Å². The molecule has 0 bridgehead atoms. The molecule has 2 N–H and O–H groups in total. The average Bonchev–Trinajstić information content (AvgIpc) is 2.50. The number of methoxy groups -OCH3 is 1. The highest BCUT2D eigenvalue weighted by atomic mass is 127. The van der Waals surface area contributed by atoms with Gasteiger partial charge in [0.15, 0.2) is 5.96 Å². The van der Waals surface area contributed by atoms with E-state index in [1.54, 1.807) is 14.2 Å². The molecule has 0 aliphatic heterocycles. The van der Waals surface area contributed by atoms with E-state index in [4.69, 9.17) is 4.74 Å². The number of aliphatic imine (C=N–C) groups is 1. The van der Waals surface area contributed by atoms with Crippen LogP contribution in [-0.2, 0) is 4.74 Å². The fourth-order valence-electron chi connectivity index (χ4n) is 2.73. The van der Waals surface area contributed by atoms with Gasteiger partial charge in [0, 0.05) is 33.3 Å². The number of ether oxygens (including phenoxy) is 1. The summed E-state index contributed by atoms with van der Waals surface area (Å²) in [5, 5.41) is 6.57. The summed E-state index contributed by atoms with van der Waals surface area (Å²) in [4.78, 5) is 6.72. The van der Waals surface area contributed by atoms with E-state index in [2.05, 4.69) is 27.6 Å². The van der Waals surface area contributed by atoms with Crippen molar-refractivity contribution < 1.29 is 4.74 Å². The van der Waals surface area contributed by atoms with Crippen molar-refractivity contribution in [1.29, 1.82) is 0 Å². The zero-order valence-electron chi connectivity index (χ0n) is 13.9. The predicted molar refractivity (Wildman–Crippen MR) is 101 cm³/mol. The van der Waals surface area contributed by atoms with Gasteiger partial charge >= 0.3 is 0 Å². The first-order valence-corrected chi connectivity index (χ1v) is 7.91. The van der Waals surface area contributed by atoms with Gasteiger partial charge in [0.05, 0.1) is 6.61 Å². The fraction of sp³-hybridized carbons (Fsp3) is 0.933. The maximum atomic E-state index is 5.01. The summed E-state index contributed by atoms with van der Waals surface area (Å²) in [6.45, 7) is 3.61. The minimum absolute atomic E-state index is 0. The summed E-state index contributed by atoms with van der Waals surface area (Å²) >= 11 is 0. The molecule has 126 valence electrons. The van der Waals surface area contributed by atoms with Gasteiger partial charge in [0.2, 0.25) is 0 Å². The summed E-state index contributed by atoms with van der Waals surface area (Å²) in [6, 6.07) is 0.808. The van der Waals surface area contributed by atoms with Crippen LogP contribution in [-0.4, -0.2) is 64.3 Å². The van der Waals surface area contributed by atoms with Gasteiger partial charge in [-0.05, 0) is 32.9 Å². The van der Waals surface area contributed by atoms with E-state index in [-0.39, 0.29) is 24.0 Å². The molecule has 1 fully saturated rings. The molecule has 21 heavy (non-hydrogen) atoms. The van der Waals surface area contributed by atoms with Gasteiger partial charge in [-0.15, -0.1) is 24.0 Å². The maximum Gasteiger partial charge on any atom is 0.191 e. The molecule has 0 aromatic heterocycles. The monoisotopic (exact) mass is 412 g/mol. The molecule has 0 atom stereocenters. The lowest BCUT2D eigenvalue weighted by Gasteiger charge is -2.31. The van der Waals surface area contributed by atoms with Crippen molar-refractivity contribution in [2.75, 3.05) is 47.4 Å². The third-order valence-electron chi connectivity index (χ3n) is 4.00. The van der Waals surface area contributed by atoms with Crippen molar-refractivity contribution in [3.63, 3.8) is 0 Å². The highest BCUT2D eigenvalue weighted by molar-refractivity contribution is 14.0. The molecule has 0 unspecified atom stereocenters. The van der Waals surface area contributed by atoms with Crippen LogP contribution in [0.15, 0.2) is 4.99 Å². The van der Waals surface area contributed by atoms with Crippen LogP contribution in [0.3, 0.4) is 0 Å². The maximum absolute atomic E-state index is 5.01. The zero-order valence-corrected chi connectivity index (χ0v) is 16.2. The first-order chi connectivity index (χ1) is 9.77. The topological polar surface area (TPSA) is 48.9 Å². The van der Waals surface area contributed by atoms with Crippen LogP contribution in [0, 0.1) is 0 Å². The number of guanidine groups is 1. The van der Waals surface area contributed by atoms with Gasteiger partial charge in [0.25, 0.3) is 0 Å². The minimum atomic E-state index is 0. The number of nitrogens with one attached hydrogen (secondary N) is 2. The average molecular weight is 412 g/mol. The van der Waals surface area contributed by atoms with Crippen LogP contribution in [0.2, 0.25) is 0 Å². The van der Waals surface area contributed by atoms with Crippen LogP contribution >= 0.6 is 24.0 Å². The van der Waals surface area contributed by atoms with Crippen LogP contribution in [0.1, 0.15) is 38.5 Å². The second-order valence-electron chi connectivity index (χ2n) is 5.54. The highest BCUT2D eigenvalue weighted by Gasteiger charge is 2.17. The van der Waals surface area contributed by atoms with E-state index in [0.717, 1.165) is 38.1 Å². The standard InChI is InChI=1S/C15H32N4O.HI/c1-16-15(18-11-13-20-3)17-10-7-12-19(2)14-8-5-4-6-9-14;/h14H,4-13H2,1-3H3,(H2,16,17,18);1H. The highest BCUT2D eigenvalue weighted by Crippen LogP contribution is 2.21. The Bertz CT molecular complexity index is 270. The van der Waals surface area contributed by atoms with E-state index in [1.807, 2.05) is 0 Å². The molecule has 1 aliphatic carbocycles. The Balaban J connectivity index is 0.00000400. The summed E-state index contributed by atoms with van der Waals surface area (Å²) in [7, 11) is 5.77. The smallest absolute Gasteiger partial charge is 0.191 e. The molecule has 0 aromatic rings. The lowest BCUT2D eigenvalue weighted by atomic mass is 9.94. The van der Waals surface area contributed by atoms with Gasteiger partial charge in [-0.1, -0.05) is 19.3 Å². The lowest BCUT2D eigenvalue weighted by Crippen LogP contribution is -2.40. The number of hydrogen-bond donors (Lipinski definition) is 2. The molecule has 0 saturated heterocycles. The molecular formula is C15H33IN4O. The van der Waals surface area contributed by atoms with E-state index in [9.17, 15) is 0 Å². The Kier molecular flexibility index (Phi) is 13.5. The molecule has 0 heterocycles. The summed E-state index contributed by atoms with van der Waals surface area (Å²) < 4.78 is 5.01. The minimum Gasteiger partial charge on any atom is -0.383 e. The van der Waals surface area contributed by atoms with Crippen LogP contribution in [0.4, 0.5) is 0 Å². The van der Waals surface area contributed by atoms with Gasteiger partial charge in [0.1, 0.15) is 0 Å². The number of rotatable bonds is 8. The molecule has 5 nitrogen and oxygen atoms in total. The van der Waals surface area contributed by atoms with Gasteiger partial charge in [-0.2, -0.15) is 0 Å². The lowest BCUT2D eigenvalue weighted by molar-refractivity contribution is 0.190. The zero-order chi connectivity index (χ0) is 14.6. The number of halogens is 1. The molecule has 1 aliphatic rings. The van der Waals surface area contributed by atoms with E-state index < -0.39 is 0 Å². The summed E-state index contributed by atoms with van der Waals surface area (Å²) in [5.74, 6) is 0.863. The molecule has 0 spiro atoms. The van der Waals surface area contributed by atoms with Crippen molar-refractivity contribution in [2.45, 2.75) is 44.6 Å². The third-order valence-corrected chi connectivity index (χ3v) is 4.00. The molecule has 1 saturated carbocycles. The van der Waals surface area contributed by atoms with Crippen molar-refractivity contribution in [3.05, 3.63) is 0 Å². The van der Waals surface area contributed by atoms with Gasteiger partial charge < -0.3 is 20.3 Å². The van der Waals surface area contributed by atoms with E-state index in [0.29, 0.717) is 6.61 Å². The third kappa shape index (κ3) is 9.52. The van der Waals surface area contributed by atoms with Gasteiger partial charge in [-0.25, -0.2) is 0 Å². The first-order valence-electron chi connectivity index (χ1n) is 7.91.